The number of benzene rings is 1. The first-order valence-corrected chi connectivity index (χ1v) is 6.46. The Kier molecular flexibility index (Phi) is 3.99. The molecule has 1 aromatic rings. The fraction of sp³-hybridized carbons (Fsp3) is 0.222. The maximum Gasteiger partial charge on any atom is -0.0000662 e. The molecular weight excluding hydrogens is 216 g/mol. The Morgan fingerprint density at radius 3 is 1.72 bits per heavy atom. The first-order chi connectivity index (χ1) is 8.78. The molecule has 0 nitrogen and oxygen atoms in total. The number of rotatable bonds is 6. The molecule has 0 heteroatoms. The average Bonchev–Trinajstić information content (AvgIpc) is 2.72. The molecule has 1 aromatic carbocycles. The van der Waals surface area contributed by atoms with Crippen LogP contribution in [0.25, 0.3) is 12.2 Å². The molecule has 0 radical (unpaired) electrons. The summed E-state index contributed by atoms with van der Waals surface area (Å²) in [4.78, 5) is 0. The van der Waals surface area contributed by atoms with Crippen molar-refractivity contribution in [3.05, 3.63) is 71.7 Å². The van der Waals surface area contributed by atoms with Gasteiger partial charge in [-0.25, -0.2) is 0 Å². The number of fused-ring (bicyclic) bond motifs is 1. The van der Waals surface area contributed by atoms with Crippen LogP contribution in [0, 0.1) is 5.92 Å². The maximum absolute atomic E-state index is 3.84. The van der Waals surface area contributed by atoms with Crippen LogP contribution < -0.4 is 10.4 Å². The van der Waals surface area contributed by atoms with Crippen molar-refractivity contribution in [2.24, 2.45) is 5.92 Å². The summed E-state index contributed by atoms with van der Waals surface area (Å²) in [5, 5.41) is 2.71. The minimum absolute atomic E-state index is 0.507. The largest absolute Gasteiger partial charge is 0.103 e. The highest BCUT2D eigenvalue weighted by atomic mass is 14.1. The summed E-state index contributed by atoms with van der Waals surface area (Å²) in [6.45, 7) is 11.5. The van der Waals surface area contributed by atoms with Crippen LogP contribution in [0.1, 0.15) is 17.5 Å². The van der Waals surface area contributed by atoms with Crippen LogP contribution in [-0.4, -0.2) is 0 Å². The van der Waals surface area contributed by atoms with E-state index in [-0.39, 0.29) is 0 Å². The Hall–Kier alpha value is -1.82. The fourth-order valence-corrected chi connectivity index (χ4v) is 2.55. The van der Waals surface area contributed by atoms with E-state index in [9.17, 15) is 0 Å². The lowest BCUT2D eigenvalue weighted by atomic mass is 10.00. The molecule has 0 saturated heterocycles. The van der Waals surface area contributed by atoms with Crippen molar-refractivity contribution in [1.82, 2.24) is 0 Å². The minimum Gasteiger partial charge on any atom is -0.103 e. The zero-order valence-corrected chi connectivity index (χ0v) is 10.9. The molecule has 0 heterocycles. The topological polar surface area (TPSA) is 0 Å². The molecule has 0 atom stereocenters. The summed E-state index contributed by atoms with van der Waals surface area (Å²) in [5.74, 6) is 0.507. The molecule has 0 amide bonds. The van der Waals surface area contributed by atoms with Crippen molar-refractivity contribution in [3.63, 3.8) is 0 Å². The summed E-state index contributed by atoms with van der Waals surface area (Å²) in [7, 11) is 0. The zero-order valence-electron chi connectivity index (χ0n) is 10.9. The van der Waals surface area contributed by atoms with Crippen LogP contribution in [0.2, 0.25) is 0 Å². The van der Waals surface area contributed by atoms with Gasteiger partial charge in [-0.05, 0) is 46.7 Å². The minimum atomic E-state index is 0.507. The maximum atomic E-state index is 3.84. The van der Waals surface area contributed by atoms with Gasteiger partial charge in [-0.2, -0.15) is 0 Å². The van der Waals surface area contributed by atoms with Gasteiger partial charge < -0.3 is 0 Å². The molecule has 92 valence electrons. The van der Waals surface area contributed by atoms with Gasteiger partial charge in [0.05, 0.1) is 0 Å². The number of allylic oxidation sites excluding steroid dienone is 3. The molecule has 1 aliphatic rings. The monoisotopic (exact) mass is 236 g/mol. The summed E-state index contributed by atoms with van der Waals surface area (Å²) in [6.07, 6.45) is 13.5. The number of hydrogen-bond acceptors (Lipinski definition) is 0. The van der Waals surface area contributed by atoms with E-state index in [1.165, 1.54) is 21.6 Å². The zero-order chi connectivity index (χ0) is 13.0. The summed E-state index contributed by atoms with van der Waals surface area (Å²) < 4.78 is 0. The molecule has 0 saturated carbocycles. The molecule has 1 aliphatic carbocycles. The molecule has 0 bridgehead atoms. The predicted molar refractivity (Wildman–Crippen MR) is 80.7 cm³/mol. The van der Waals surface area contributed by atoms with Crippen LogP contribution in [0.5, 0.6) is 0 Å². The highest BCUT2D eigenvalue weighted by molar-refractivity contribution is 5.53. The Morgan fingerprint density at radius 2 is 1.33 bits per heavy atom. The van der Waals surface area contributed by atoms with Crippen molar-refractivity contribution in [3.8, 4) is 0 Å². The van der Waals surface area contributed by atoms with Gasteiger partial charge in [0, 0.05) is 0 Å². The summed E-state index contributed by atoms with van der Waals surface area (Å²) in [5.41, 5.74) is 2.74. The second-order valence-electron chi connectivity index (χ2n) is 4.76. The van der Waals surface area contributed by atoms with E-state index in [2.05, 4.69) is 44.0 Å². The fourth-order valence-electron chi connectivity index (χ4n) is 2.55. The highest BCUT2D eigenvalue weighted by Gasteiger charge is 2.08. The van der Waals surface area contributed by atoms with Crippen LogP contribution >= 0.6 is 0 Å². The van der Waals surface area contributed by atoms with Crippen LogP contribution in [0.15, 0.2) is 50.1 Å². The van der Waals surface area contributed by atoms with Gasteiger partial charge in [0.15, 0.2) is 0 Å². The predicted octanol–water partition coefficient (Wildman–Crippen LogP) is 2.91. The average molecular weight is 236 g/mol. The van der Waals surface area contributed by atoms with Crippen molar-refractivity contribution in [2.75, 3.05) is 0 Å². The van der Waals surface area contributed by atoms with Crippen molar-refractivity contribution < 1.29 is 0 Å². The smallest absolute Gasteiger partial charge is 0.0000662 e. The van der Waals surface area contributed by atoms with E-state index >= 15 is 0 Å². The third-order valence-corrected chi connectivity index (χ3v) is 3.36. The lowest BCUT2D eigenvalue weighted by Gasteiger charge is -2.05. The molecule has 0 unspecified atom stereocenters. The van der Waals surface area contributed by atoms with Gasteiger partial charge in [-0.1, -0.05) is 42.5 Å². The second-order valence-corrected chi connectivity index (χ2v) is 4.76. The van der Waals surface area contributed by atoms with Crippen molar-refractivity contribution >= 4 is 12.2 Å². The van der Waals surface area contributed by atoms with E-state index in [0.717, 1.165) is 19.3 Å². The van der Waals surface area contributed by atoms with E-state index in [1.807, 2.05) is 18.2 Å². The standard InChI is InChI=1S/C18H20/c1-4-7-14-10-17-12-15(8-5-2)16(9-6-3)13-18(17)11-14/h4-6,10-14H,1-3,7-9H2. The van der Waals surface area contributed by atoms with Gasteiger partial charge in [0.2, 0.25) is 0 Å². The van der Waals surface area contributed by atoms with Gasteiger partial charge in [-0.15, -0.1) is 19.7 Å². The van der Waals surface area contributed by atoms with E-state index in [0.29, 0.717) is 5.92 Å². The molecule has 0 spiro atoms. The summed E-state index contributed by atoms with van der Waals surface area (Å²) in [6, 6.07) is 4.60. The molecule has 2 rings (SSSR count). The van der Waals surface area contributed by atoms with Crippen molar-refractivity contribution in [1.29, 1.82) is 0 Å². The van der Waals surface area contributed by atoms with Gasteiger partial charge in [0.25, 0.3) is 0 Å². The third kappa shape index (κ3) is 2.53. The highest BCUT2D eigenvalue weighted by Crippen LogP contribution is 2.13. The van der Waals surface area contributed by atoms with E-state index in [1.54, 1.807) is 0 Å². The Morgan fingerprint density at radius 1 is 0.833 bits per heavy atom. The molecule has 0 fully saturated rings. The molecule has 0 N–H and O–H groups in total. The first kappa shape index (κ1) is 12.6. The molecule has 0 aromatic heterocycles. The SMILES string of the molecule is C=CCc1cc2c(cc1CC=C)=CC(CC=C)C=2. The Labute approximate surface area is 109 Å². The number of hydrogen-bond donors (Lipinski definition) is 0. The molecule has 18 heavy (non-hydrogen) atoms. The Bertz CT molecular complexity index is 538. The van der Waals surface area contributed by atoms with Crippen LogP contribution in [0.3, 0.4) is 0 Å². The Balaban J connectivity index is 2.49. The van der Waals surface area contributed by atoms with Gasteiger partial charge in [-0.3, -0.25) is 0 Å². The van der Waals surface area contributed by atoms with Crippen LogP contribution in [0.4, 0.5) is 0 Å². The van der Waals surface area contributed by atoms with Crippen molar-refractivity contribution in [2.45, 2.75) is 19.3 Å². The summed E-state index contributed by atoms with van der Waals surface area (Å²) >= 11 is 0. The molecular formula is C18H20. The lowest BCUT2D eigenvalue weighted by molar-refractivity contribution is 0.936. The molecule has 0 aliphatic heterocycles. The quantitative estimate of drug-likeness (QED) is 0.666. The first-order valence-electron chi connectivity index (χ1n) is 6.46. The third-order valence-electron chi connectivity index (χ3n) is 3.36. The van der Waals surface area contributed by atoms with E-state index < -0.39 is 0 Å². The second kappa shape index (κ2) is 5.68. The van der Waals surface area contributed by atoms with E-state index in [4.69, 9.17) is 0 Å². The van der Waals surface area contributed by atoms with Gasteiger partial charge in [0.1, 0.15) is 0 Å². The van der Waals surface area contributed by atoms with Gasteiger partial charge >= 0.3 is 0 Å². The lowest BCUT2D eigenvalue weighted by Crippen LogP contribution is -2.23. The normalized spacial score (nSPS) is 13.3. The van der Waals surface area contributed by atoms with Crippen LogP contribution in [-0.2, 0) is 12.8 Å².